The van der Waals surface area contributed by atoms with Crippen molar-refractivity contribution in [1.29, 1.82) is 0 Å². The highest BCUT2D eigenvalue weighted by Crippen LogP contribution is 2.17. The number of tetrazole rings is 1. The third kappa shape index (κ3) is 4.26. The Morgan fingerprint density at radius 1 is 1.13 bits per heavy atom. The molecule has 3 aromatic rings. The van der Waals surface area contributed by atoms with Gasteiger partial charge in [-0.1, -0.05) is 11.6 Å². The van der Waals surface area contributed by atoms with Crippen LogP contribution in [-0.4, -0.2) is 26.1 Å². The number of hydrogen-bond acceptors (Lipinski definition) is 4. The summed E-state index contributed by atoms with van der Waals surface area (Å²) in [5.74, 6) is 0.231. The molecule has 116 valence electrons. The zero-order chi connectivity index (χ0) is 16.2. The first-order valence-electron chi connectivity index (χ1n) is 6.69. The number of hydrogen-bond donors (Lipinski definition) is 1. The van der Waals surface area contributed by atoms with E-state index < -0.39 is 0 Å². The third-order valence-corrected chi connectivity index (χ3v) is 3.94. The van der Waals surface area contributed by atoms with Gasteiger partial charge in [0.05, 0.1) is 0 Å². The molecule has 0 aliphatic heterocycles. The fourth-order valence-corrected chi connectivity index (χ4v) is 2.37. The van der Waals surface area contributed by atoms with Crippen molar-refractivity contribution in [2.75, 3.05) is 5.32 Å². The molecule has 0 aliphatic carbocycles. The Labute approximate surface area is 151 Å². The lowest BCUT2D eigenvalue weighted by atomic mass is 10.2. The summed E-state index contributed by atoms with van der Waals surface area (Å²) in [5.41, 5.74) is 1.52. The maximum absolute atomic E-state index is 12.0. The highest BCUT2D eigenvalue weighted by atomic mass is 127. The summed E-state index contributed by atoms with van der Waals surface area (Å²) in [6.07, 6.45) is 0. The molecule has 0 spiro atoms. The van der Waals surface area contributed by atoms with Gasteiger partial charge in [-0.05, 0) is 76.3 Å². The highest BCUT2D eigenvalue weighted by molar-refractivity contribution is 14.1. The van der Waals surface area contributed by atoms with Crippen molar-refractivity contribution in [2.24, 2.45) is 0 Å². The molecule has 0 unspecified atom stereocenters. The van der Waals surface area contributed by atoms with Gasteiger partial charge < -0.3 is 5.32 Å². The first-order valence-corrected chi connectivity index (χ1v) is 8.15. The van der Waals surface area contributed by atoms with Gasteiger partial charge in [-0.2, -0.15) is 4.80 Å². The zero-order valence-electron chi connectivity index (χ0n) is 11.8. The summed E-state index contributed by atoms with van der Waals surface area (Å²) in [6.45, 7) is -0.00736. The minimum atomic E-state index is -0.216. The fraction of sp³-hybridized carbons (Fsp3) is 0.0667. The summed E-state index contributed by atoms with van der Waals surface area (Å²) >= 11 is 8.05. The van der Waals surface area contributed by atoms with Crippen LogP contribution < -0.4 is 5.32 Å². The predicted molar refractivity (Wildman–Crippen MR) is 96.1 cm³/mol. The van der Waals surface area contributed by atoms with E-state index in [9.17, 15) is 4.79 Å². The van der Waals surface area contributed by atoms with Crippen LogP contribution in [0.3, 0.4) is 0 Å². The van der Waals surface area contributed by atoms with Gasteiger partial charge in [0.1, 0.15) is 6.54 Å². The molecular weight excluding hydrogens is 429 g/mol. The smallest absolute Gasteiger partial charge is 0.248 e. The minimum absolute atomic E-state index is 0.00736. The number of amides is 1. The van der Waals surface area contributed by atoms with E-state index in [0.29, 0.717) is 10.8 Å². The van der Waals surface area contributed by atoms with Crippen LogP contribution in [0.25, 0.3) is 11.4 Å². The molecule has 1 N–H and O–H groups in total. The SMILES string of the molecule is O=C(Cn1nnc(-c2ccc(Cl)cc2)n1)Nc1ccc(I)cc1. The number of nitrogens with one attached hydrogen (secondary N) is 1. The first-order chi connectivity index (χ1) is 11.1. The van der Waals surface area contributed by atoms with Crippen molar-refractivity contribution < 1.29 is 4.79 Å². The molecule has 0 atom stereocenters. The van der Waals surface area contributed by atoms with Crippen LogP contribution in [-0.2, 0) is 11.3 Å². The molecule has 0 radical (unpaired) electrons. The molecule has 0 bridgehead atoms. The summed E-state index contributed by atoms with van der Waals surface area (Å²) in [5, 5.41) is 15.5. The number of benzene rings is 2. The average molecular weight is 440 g/mol. The van der Waals surface area contributed by atoms with Crippen LogP contribution in [0.15, 0.2) is 48.5 Å². The van der Waals surface area contributed by atoms with Gasteiger partial charge in [0.15, 0.2) is 0 Å². The van der Waals surface area contributed by atoms with E-state index in [1.165, 1.54) is 4.80 Å². The van der Waals surface area contributed by atoms with Crippen LogP contribution in [0.1, 0.15) is 0 Å². The Morgan fingerprint density at radius 2 is 1.83 bits per heavy atom. The summed E-state index contributed by atoms with van der Waals surface area (Å²) in [6, 6.07) is 14.6. The van der Waals surface area contributed by atoms with E-state index >= 15 is 0 Å². The monoisotopic (exact) mass is 439 g/mol. The maximum Gasteiger partial charge on any atom is 0.248 e. The number of carbonyl (C=O) groups excluding carboxylic acids is 1. The van der Waals surface area contributed by atoms with E-state index in [4.69, 9.17) is 11.6 Å². The number of anilines is 1. The van der Waals surface area contributed by atoms with E-state index in [-0.39, 0.29) is 12.5 Å². The molecule has 0 saturated carbocycles. The van der Waals surface area contributed by atoms with Crippen molar-refractivity contribution in [3.05, 3.63) is 57.1 Å². The first kappa shape index (κ1) is 15.9. The van der Waals surface area contributed by atoms with Gasteiger partial charge in [-0.15, -0.1) is 10.2 Å². The number of nitrogens with zero attached hydrogens (tertiary/aromatic N) is 4. The molecular formula is C15H11ClIN5O. The molecule has 0 aliphatic rings. The number of carbonyl (C=O) groups is 1. The van der Waals surface area contributed by atoms with E-state index in [2.05, 4.69) is 43.3 Å². The second kappa shape index (κ2) is 7.05. The van der Waals surface area contributed by atoms with Gasteiger partial charge in [0.25, 0.3) is 0 Å². The quantitative estimate of drug-likeness (QED) is 0.634. The summed E-state index contributed by atoms with van der Waals surface area (Å²) in [7, 11) is 0. The number of halogens is 2. The molecule has 1 aromatic heterocycles. The molecule has 2 aromatic carbocycles. The van der Waals surface area contributed by atoms with Crippen LogP contribution in [0, 0.1) is 3.57 Å². The molecule has 8 heteroatoms. The normalized spacial score (nSPS) is 10.5. The molecule has 0 saturated heterocycles. The van der Waals surface area contributed by atoms with Crippen molar-refractivity contribution in [2.45, 2.75) is 6.54 Å². The molecule has 23 heavy (non-hydrogen) atoms. The van der Waals surface area contributed by atoms with Crippen LogP contribution in [0.2, 0.25) is 5.02 Å². The molecule has 0 fully saturated rings. The number of aromatic nitrogens is 4. The van der Waals surface area contributed by atoms with Gasteiger partial charge in [0, 0.05) is 19.8 Å². The lowest BCUT2D eigenvalue weighted by molar-refractivity contribution is -0.117. The highest BCUT2D eigenvalue weighted by Gasteiger charge is 2.09. The van der Waals surface area contributed by atoms with Gasteiger partial charge >= 0.3 is 0 Å². The second-order valence-corrected chi connectivity index (χ2v) is 6.39. The van der Waals surface area contributed by atoms with Crippen LogP contribution in [0.5, 0.6) is 0 Å². The Kier molecular flexibility index (Phi) is 4.87. The lowest BCUT2D eigenvalue weighted by Crippen LogP contribution is -2.20. The third-order valence-electron chi connectivity index (χ3n) is 2.97. The average Bonchev–Trinajstić information content (AvgIpc) is 2.98. The Morgan fingerprint density at radius 3 is 2.52 bits per heavy atom. The van der Waals surface area contributed by atoms with Crippen molar-refractivity contribution in [1.82, 2.24) is 20.2 Å². The van der Waals surface area contributed by atoms with Crippen LogP contribution in [0.4, 0.5) is 5.69 Å². The fourth-order valence-electron chi connectivity index (χ4n) is 1.89. The summed E-state index contributed by atoms with van der Waals surface area (Å²) < 4.78 is 1.10. The Bertz CT molecular complexity index is 817. The van der Waals surface area contributed by atoms with Crippen molar-refractivity contribution in [3.8, 4) is 11.4 Å². The van der Waals surface area contributed by atoms with Crippen molar-refractivity contribution >= 4 is 45.8 Å². The second-order valence-electron chi connectivity index (χ2n) is 4.71. The van der Waals surface area contributed by atoms with Crippen LogP contribution >= 0.6 is 34.2 Å². The standard InChI is InChI=1S/C15H11ClIN5O/c16-11-3-1-10(2-4-11)15-19-21-22(20-15)9-14(23)18-13-7-5-12(17)6-8-13/h1-8H,9H2,(H,18,23). The number of rotatable bonds is 4. The van der Waals surface area contributed by atoms with Gasteiger partial charge in [0.2, 0.25) is 11.7 Å². The largest absolute Gasteiger partial charge is 0.324 e. The van der Waals surface area contributed by atoms with Gasteiger partial charge in [-0.25, -0.2) is 0 Å². The molecule has 1 heterocycles. The maximum atomic E-state index is 12.0. The summed E-state index contributed by atoms with van der Waals surface area (Å²) in [4.78, 5) is 13.3. The zero-order valence-corrected chi connectivity index (χ0v) is 14.7. The van der Waals surface area contributed by atoms with E-state index in [1.807, 2.05) is 24.3 Å². The molecule has 1 amide bonds. The minimum Gasteiger partial charge on any atom is -0.324 e. The Hall–Kier alpha value is -2.00. The Balaban J connectivity index is 1.65. The van der Waals surface area contributed by atoms with Crippen molar-refractivity contribution in [3.63, 3.8) is 0 Å². The molecule has 3 rings (SSSR count). The van der Waals surface area contributed by atoms with Gasteiger partial charge in [-0.3, -0.25) is 4.79 Å². The topological polar surface area (TPSA) is 72.7 Å². The van der Waals surface area contributed by atoms with E-state index in [1.54, 1.807) is 24.3 Å². The molecule has 6 nitrogen and oxygen atoms in total. The predicted octanol–water partition coefficient (Wildman–Crippen LogP) is 3.24. The lowest BCUT2D eigenvalue weighted by Gasteiger charge is -2.04. The van der Waals surface area contributed by atoms with E-state index in [0.717, 1.165) is 14.8 Å².